The summed E-state index contributed by atoms with van der Waals surface area (Å²) < 4.78 is 24.8. The molecule has 0 aromatic heterocycles. The fourth-order valence-electron chi connectivity index (χ4n) is 13.3. The van der Waals surface area contributed by atoms with E-state index in [0.717, 1.165) is 25.7 Å². The number of aliphatic hydroxyl groups is 10. The van der Waals surface area contributed by atoms with Crippen LogP contribution in [0.4, 0.5) is 0 Å². The molecule has 0 unspecified atom stereocenters. The van der Waals surface area contributed by atoms with Gasteiger partial charge in [-0.25, -0.2) is 0 Å². The van der Waals surface area contributed by atoms with Crippen LogP contribution in [0.25, 0.3) is 0 Å². The summed E-state index contributed by atoms with van der Waals surface area (Å²) >= 11 is 0. The molecule has 0 bridgehead atoms. The second-order valence-corrected chi connectivity index (χ2v) is 20.5. The van der Waals surface area contributed by atoms with E-state index in [4.69, 9.17) is 18.9 Å². The van der Waals surface area contributed by atoms with Gasteiger partial charge in [-0.1, -0.05) is 46.8 Å². The Morgan fingerprint density at radius 1 is 0.679 bits per heavy atom. The molecule has 4 saturated carbocycles. The van der Waals surface area contributed by atoms with E-state index in [-0.39, 0.29) is 46.0 Å². The minimum absolute atomic E-state index is 0.156. The Morgan fingerprint density at radius 3 is 1.80 bits per heavy atom. The number of ether oxygens (including phenoxy) is 4. The Labute approximate surface area is 331 Å². The van der Waals surface area contributed by atoms with Crippen LogP contribution in [0.15, 0.2) is 12.2 Å². The molecule has 0 aromatic rings. The molecule has 6 rings (SSSR count). The van der Waals surface area contributed by atoms with Crippen molar-refractivity contribution in [1.29, 1.82) is 0 Å². The number of hydrogen-bond donors (Lipinski definition) is 10. The van der Waals surface area contributed by atoms with E-state index in [9.17, 15) is 51.1 Å². The Hall–Kier alpha value is -0.820. The maximum absolute atomic E-state index is 12.5. The predicted molar refractivity (Wildman–Crippen MR) is 202 cm³/mol. The third-order valence-electron chi connectivity index (χ3n) is 16.5. The van der Waals surface area contributed by atoms with Gasteiger partial charge in [0.1, 0.15) is 48.8 Å². The number of fused-ring (bicyclic) bond motifs is 5. The van der Waals surface area contributed by atoms with E-state index in [2.05, 4.69) is 34.6 Å². The molecule has 324 valence electrons. The molecular weight excluding hydrogens is 728 g/mol. The number of aliphatic hydroxyl groups excluding tert-OH is 9. The topological polar surface area (TPSA) is 239 Å². The van der Waals surface area contributed by atoms with Gasteiger partial charge in [-0.3, -0.25) is 0 Å². The first-order valence-electron chi connectivity index (χ1n) is 20.9. The number of rotatable bonds is 10. The smallest absolute Gasteiger partial charge is 0.187 e. The molecule has 14 heteroatoms. The average Bonchev–Trinajstić information content (AvgIpc) is 3.50. The highest BCUT2D eigenvalue weighted by molar-refractivity contribution is 5.21. The first-order chi connectivity index (χ1) is 25.9. The van der Waals surface area contributed by atoms with E-state index in [1.165, 1.54) is 0 Å². The van der Waals surface area contributed by atoms with E-state index < -0.39 is 97.3 Å². The lowest BCUT2D eigenvalue weighted by Gasteiger charge is -2.71. The van der Waals surface area contributed by atoms with E-state index in [1.807, 2.05) is 13.0 Å². The molecule has 0 aromatic carbocycles. The summed E-state index contributed by atoms with van der Waals surface area (Å²) in [6.07, 6.45) is -5.76. The molecule has 2 aliphatic heterocycles. The molecule has 56 heavy (non-hydrogen) atoms. The molecule has 0 amide bonds. The van der Waals surface area contributed by atoms with Gasteiger partial charge in [0.2, 0.25) is 0 Å². The van der Waals surface area contributed by atoms with Crippen LogP contribution < -0.4 is 0 Å². The van der Waals surface area contributed by atoms with Gasteiger partial charge in [-0.2, -0.15) is 0 Å². The summed E-state index contributed by atoms with van der Waals surface area (Å²) in [7, 11) is 0. The first kappa shape index (κ1) is 44.7. The third kappa shape index (κ3) is 7.26. The molecule has 2 heterocycles. The first-order valence-corrected chi connectivity index (χ1v) is 20.9. The van der Waals surface area contributed by atoms with Gasteiger partial charge in [-0.15, -0.1) is 0 Å². The van der Waals surface area contributed by atoms with E-state index in [0.29, 0.717) is 25.7 Å². The largest absolute Gasteiger partial charge is 0.394 e. The predicted octanol–water partition coefficient (Wildman–Crippen LogP) is 1.12. The van der Waals surface area contributed by atoms with E-state index in [1.54, 1.807) is 19.9 Å². The summed E-state index contributed by atoms with van der Waals surface area (Å²) in [5, 5.41) is 106. The normalized spacial score (nSPS) is 51.9. The molecule has 6 fully saturated rings. The summed E-state index contributed by atoms with van der Waals surface area (Å²) in [5.74, 6) is -0.0751. The van der Waals surface area contributed by atoms with Crippen LogP contribution >= 0.6 is 0 Å². The molecule has 4 aliphatic carbocycles. The van der Waals surface area contributed by atoms with Crippen molar-refractivity contribution in [2.24, 2.45) is 45.3 Å². The van der Waals surface area contributed by atoms with Gasteiger partial charge < -0.3 is 70.0 Å². The van der Waals surface area contributed by atoms with Crippen molar-refractivity contribution < 1.29 is 70.0 Å². The van der Waals surface area contributed by atoms with Gasteiger partial charge in [0, 0.05) is 0 Å². The third-order valence-corrected chi connectivity index (χ3v) is 16.5. The second kappa shape index (κ2) is 15.6. The van der Waals surface area contributed by atoms with E-state index >= 15 is 0 Å². The van der Waals surface area contributed by atoms with Crippen LogP contribution in [0, 0.1) is 45.3 Å². The summed E-state index contributed by atoms with van der Waals surface area (Å²) in [6, 6.07) is 0. The SMILES string of the molecule is CC(C)(O)/C=C/C[C@](C)(O[C@@H]1O[C@H](CO)[C@@H](O)[C@H](O)[C@H]1O)[C@H]1CC[C@]2(C)[C@@H]1[C@H](O)C[C@@H]1[C@@]3(C)CC[C@H](O[C@@H]4O[C@H](CO)[C@@H](O)[C@H](O)[C@H]4O)C(C)(C)[C@@H]3CC[C@]12C. The van der Waals surface area contributed by atoms with Crippen LogP contribution in [-0.2, 0) is 18.9 Å². The maximum atomic E-state index is 12.5. The van der Waals surface area contributed by atoms with Crippen molar-refractivity contribution in [3.8, 4) is 0 Å². The zero-order valence-corrected chi connectivity index (χ0v) is 34.6. The minimum atomic E-state index is -1.60. The summed E-state index contributed by atoms with van der Waals surface area (Å²) in [5.41, 5.74) is -3.21. The molecular formula is C42H72O14. The quantitative estimate of drug-likeness (QED) is 0.110. The fourth-order valence-corrected chi connectivity index (χ4v) is 13.3. The van der Waals surface area contributed by atoms with Crippen molar-refractivity contribution in [2.45, 2.75) is 192 Å². The second-order valence-electron chi connectivity index (χ2n) is 20.5. The van der Waals surface area contributed by atoms with Crippen LogP contribution in [0.5, 0.6) is 0 Å². The highest BCUT2D eigenvalue weighted by Crippen LogP contribution is 2.76. The fraction of sp³-hybridized carbons (Fsp3) is 0.952. The van der Waals surface area contributed by atoms with Crippen LogP contribution in [0.3, 0.4) is 0 Å². The van der Waals surface area contributed by atoms with Crippen LogP contribution in [-0.4, -0.2) is 149 Å². The molecule has 0 spiro atoms. The molecule has 14 nitrogen and oxygen atoms in total. The van der Waals surface area contributed by atoms with Crippen molar-refractivity contribution >= 4 is 0 Å². The van der Waals surface area contributed by atoms with Crippen LogP contribution in [0.1, 0.15) is 107 Å². The van der Waals surface area contributed by atoms with Crippen molar-refractivity contribution in [3.63, 3.8) is 0 Å². The minimum Gasteiger partial charge on any atom is -0.394 e. The highest BCUT2D eigenvalue weighted by atomic mass is 16.7. The Morgan fingerprint density at radius 2 is 1.23 bits per heavy atom. The van der Waals surface area contributed by atoms with Gasteiger partial charge in [0.05, 0.1) is 36.6 Å². The summed E-state index contributed by atoms with van der Waals surface area (Å²) in [4.78, 5) is 0. The monoisotopic (exact) mass is 800 g/mol. The zero-order valence-electron chi connectivity index (χ0n) is 34.6. The molecule has 0 radical (unpaired) electrons. The summed E-state index contributed by atoms with van der Waals surface area (Å²) in [6.45, 7) is 15.6. The van der Waals surface area contributed by atoms with Gasteiger partial charge in [-0.05, 0) is 117 Å². The Kier molecular flexibility index (Phi) is 12.4. The van der Waals surface area contributed by atoms with Gasteiger partial charge in [0.15, 0.2) is 12.6 Å². The van der Waals surface area contributed by atoms with Gasteiger partial charge >= 0.3 is 0 Å². The lowest BCUT2D eigenvalue weighted by atomic mass is 9.35. The highest BCUT2D eigenvalue weighted by Gasteiger charge is 2.72. The lowest BCUT2D eigenvalue weighted by molar-refractivity contribution is -0.337. The standard InChI is InChI=1S/C42H72O14/c1-37(2,52)13-9-14-42(8,56-36-34(51)32(49)30(47)24(20-44)54-36)21-10-16-41(7)28(21)22(45)18-26-39(5)15-12-27(38(3,4)25(39)11-17-40(26,41)6)55-35-33(50)31(48)29(46)23(19-43)53-35/h9,13,21-36,43-52H,10-12,14-20H2,1-8H3/b13-9+/t21-,22+,23+,24+,25-,26+,27-,28-,29+,30+,31-,32-,33+,34+,35-,36-,39-,40+,41+,42-/m0/s1. The van der Waals surface area contributed by atoms with Gasteiger partial charge in [0.25, 0.3) is 0 Å². The van der Waals surface area contributed by atoms with Crippen molar-refractivity contribution in [3.05, 3.63) is 12.2 Å². The van der Waals surface area contributed by atoms with Crippen LogP contribution in [0.2, 0.25) is 0 Å². The number of hydrogen-bond acceptors (Lipinski definition) is 14. The molecule has 20 atom stereocenters. The molecule has 2 saturated heterocycles. The van der Waals surface area contributed by atoms with Crippen molar-refractivity contribution in [1.82, 2.24) is 0 Å². The average molecular weight is 801 g/mol. The maximum Gasteiger partial charge on any atom is 0.187 e. The Bertz CT molecular complexity index is 1400. The molecule has 10 N–H and O–H groups in total. The Balaban J connectivity index is 1.27. The zero-order chi connectivity index (χ0) is 41.6. The van der Waals surface area contributed by atoms with Crippen molar-refractivity contribution in [2.75, 3.05) is 13.2 Å². The molecule has 6 aliphatic rings. The lowest BCUT2D eigenvalue weighted by Crippen LogP contribution is -2.67.